The minimum absolute atomic E-state index is 0.00551. The van der Waals surface area contributed by atoms with Crippen LogP contribution in [0.4, 0.5) is 4.39 Å². The lowest BCUT2D eigenvalue weighted by atomic mass is 9.87. The number of nitrogens with zero attached hydrogens (tertiary/aromatic N) is 1. The summed E-state index contributed by atoms with van der Waals surface area (Å²) in [5, 5.41) is 9.08. The Morgan fingerprint density at radius 2 is 2.05 bits per heavy atom. The predicted molar refractivity (Wildman–Crippen MR) is 81.5 cm³/mol. The van der Waals surface area contributed by atoms with Crippen LogP contribution in [0, 0.1) is 17.7 Å². The number of hydrogen-bond acceptors (Lipinski definition) is 2. The van der Waals surface area contributed by atoms with E-state index in [2.05, 4.69) is 0 Å². The molecule has 1 aromatic rings. The second-order valence-corrected chi connectivity index (χ2v) is 5.71. The van der Waals surface area contributed by atoms with Crippen molar-refractivity contribution in [3.05, 3.63) is 41.7 Å². The molecule has 0 saturated carbocycles. The van der Waals surface area contributed by atoms with E-state index in [9.17, 15) is 14.0 Å². The van der Waals surface area contributed by atoms with Crippen LogP contribution in [-0.4, -0.2) is 35.0 Å². The third kappa shape index (κ3) is 4.16. The Hall–Kier alpha value is -2.17. The van der Waals surface area contributed by atoms with Crippen molar-refractivity contribution in [2.75, 3.05) is 13.1 Å². The van der Waals surface area contributed by atoms with Crippen molar-refractivity contribution in [2.24, 2.45) is 11.8 Å². The molecule has 1 N–H and O–H groups in total. The summed E-state index contributed by atoms with van der Waals surface area (Å²) in [6, 6.07) is 6.05. The van der Waals surface area contributed by atoms with E-state index < -0.39 is 5.97 Å². The van der Waals surface area contributed by atoms with Crippen molar-refractivity contribution in [1.82, 2.24) is 4.90 Å². The van der Waals surface area contributed by atoms with E-state index in [0.29, 0.717) is 19.5 Å². The molecule has 0 unspecified atom stereocenters. The summed E-state index contributed by atoms with van der Waals surface area (Å²) < 4.78 is 12.8. The number of carbonyl (C=O) groups excluding carboxylic acids is 1. The van der Waals surface area contributed by atoms with Crippen LogP contribution in [0.25, 0.3) is 6.08 Å². The molecule has 1 aromatic carbocycles. The molecule has 0 aromatic heterocycles. The maximum Gasteiger partial charge on any atom is 0.306 e. The fourth-order valence-electron chi connectivity index (χ4n) is 2.74. The Kier molecular flexibility index (Phi) is 5.31. The number of piperidine rings is 1. The minimum atomic E-state index is -0.782. The standard InChI is InChI=1S/C17H20FNO3/c1-12-11-19(10-9-15(12)17(21)22)16(20)4-2-3-13-5-7-14(18)8-6-13/h2-3,5-8,12,15H,4,9-11H2,1H3,(H,21,22)/b3-2+/t12-,15-/m1/s1. The monoisotopic (exact) mass is 305 g/mol. The van der Waals surface area contributed by atoms with Gasteiger partial charge >= 0.3 is 5.97 Å². The van der Waals surface area contributed by atoms with E-state index in [0.717, 1.165) is 5.56 Å². The van der Waals surface area contributed by atoms with Crippen molar-refractivity contribution < 1.29 is 19.1 Å². The van der Waals surface area contributed by atoms with Crippen LogP contribution in [0.5, 0.6) is 0 Å². The first-order chi connectivity index (χ1) is 10.5. The van der Waals surface area contributed by atoms with Gasteiger partial charge in [-0.25, -0.2) is 4.39 Å². The predicted octanol–water partition coefficient (Wildman–Crippen LogP) is 2.80. The quantitative estimate of drug-likeness (QED) is 0.930. The summed E-state index contributed by atoms with van der Waals surface area (Å²) in [5.41, 5.74) is 0.840. The molecular weight excluding hydrogens is 285 g/mol. The third-order valence-corrected chi connectivity index (χ3v) is 4.05. The highest BCUT2D eigenvalue weighted by Crippen LogP contribution is 2.24. The lowest BCUT2D eigenvalue weighted by Crippen LogP contribution is -2.44. The number of carboxylic acids is 1. The van der Waals surface area contributed by atoms with Gasteiger partial charge in [0.25, 0.3) is 0 Å². The molecule has 0 aliphatic carbocycles. The average molecular weight is 305 g/mol. The number of hydrogen-bond donors (Lipinski definition) is 1. The molecule has 0 radical (unpaired) electrons. The van der Waals surface area contributed by atoms with E-state index >= 15 is 0 Å². The van der Waals surface area contributed by atoms with Gasteiger partial charge in [-0.15, -0.1) is 0 Å². The molecule has 1 saturated heterocycles. The van der Waals surface area contributed by atoms with E-state index in [4.69, 9.17) is 5.11 Å². The molecule has 5 heteroatoms. The largest absolute Gasteiger partial charge is 0.481 e. The van der Waals surface area contributed by atoms with Crippen molar-refractivity contribution in [1.29, 1.82) is 0 Å². The number of carbonyl (C=O) groups is 2. The van der Waals surface area contributed by atoms with Crippen LogP contribution < -0.4 is 0 Å². The molecule has 0 bridgehead atoms. The van der Waals surface area contributed by atoms with Crippen LogP contribution in [-0.2, 0) is 9.59 Å². The van der Waals surface area contributed by atoms with E-state index in [1.54, 1.807) is 29.2 Å². The Labute approximate surface area is 129 Å². The van der Waals surface area contributed by atoms with Gasteiger partial charge in [-0.3, -0.25) is 9.59 Å². The summed E-state index contributed by atoms with van der Waals surface area (Å²) in [4.78, 5) is 24.9. The number of halogens is 1. The van der Waals surface area contributed by atoms with Crippen LogP contribution >= 0.6 is 0 Å². The number of likely N-dealkylation sites (tertiary alicyclic amines) is 1. The van der Waals surface area contributed by atoms with E-state index in [-0.39, 0.29) is 30.0 Å². The molecular formula is C17H20FNO3. The van der Waals surface area contributed by atoms with Crippen molar-refractivity contribution in [2.45, 2.75) is 19.8 Å². The fourth-order valence-corrected chi connectivity index (χ4v) is 2.74. The van der Waals surface area contributed by atoms with Gasteiger partial charge < -0.3 is 10.0 Å². The maximum absolute atomic E-state index is 12.8. The van der Waals surface area contributed by atoms with Gasteiger partial charge in [0.05, 0.1) is 5.92 Å². The number of aliphatic carboxylic acids is 1. The van der Waals surface area contributed by atoms with Gasteiger partial charge in [0.1, 0.15) is 5.82 Å². The summed E-state index contributed by atoms with van der Waals surface area (Å²) in [6.07, 6.45) is 4.31. The van der Waals surface area contributed by atoms with Gasteiger partial charge in [0.15, 0.2) is 0 Å². The number of amides is 1. The first kappa shape index (κ1) is 16.2. The summed E-state index contributed by atoms with van der Waals surface area (Å²) in [7, 11) is 0. The molecule has 1 heterocycles. The van der Waals surface area contributed by atoms with Gasteiger partial charge in [-0.1, -0.05) is 31.2 Å². The van der Waals surface area contributed by atoms with Crippen molar-refractivity contribution in [3.8, 4) is 0 Å². The molecule has 118 valence electrons. The highest BCUT2D eigenvalue weighted by Gasteiger charge is 2.32. The smallest absolute Gasteiger partial charge is 0.306 e. The second kappa shape index (κ2) is 7.20. The summed E-state index contributed by atoms with van der Waals surface area (Å²) in [5.74, 6) is -1.47. The van der Waals surface area contributed by atoms with Crippen LogP contribution in [0.15, 0.2) is 30.3 Å². The van der Waals surface area contributed by atoms with Crippen LogP contribution in [0.3, 0.4) is 0 Å². The number of carboxylic acid groups (broad SMARTS) is 1. The molecule has 0 spiro atoms. The van der Waals surface area contributed by atoms with Gasteiger partial charge in [-0.05, 0) is 30.0 Å². The molecule has 4 nitrogen and oxygen atoms in total. The zero-order chi connectivity index (χ0) is 16.1. The van der Waals surface area contributed by atoms with Gasteiger partial charge in [-0.2, -0.15) is 0 Å². The Bertz CT molecular complexity index is 568. The van der Waals surface area contributed by atoms with Crippen molar-refractivity contribution >= 4 is 18.0 Å². The molecule has 2 rings (SSSR count). The van der Waals surface area contributed by atoms with Gasteiger partial charge in [0.2, 0.25) is 5.91 Å². The molecule has 1 fully saturated rings. The van der Waals surface area contributed by atoms with E-state index in [1.165, 1.54) is 12.1 Å². The highest BCUT2D eigenvalue weighted by molar-refractivity contribution is 5.79. The fraction of sp³-hybridized carbons (Fsp3) is 0.412. The minimum Gasteiger partial charge on any atom is -0.481 e. The zero-order valence-corrected chi connectivity index (χ0v) is 12.5. The SMILES string of the molecule is C[C@@H]1CN(C(=O)C/C=C/c2ccc(F)cc2)CC[C@H]1C(=O)O. The Morgan fingerprint density at radius 3 is 2.64 bits per heavy atom. The molecule has 22 heavy (non-hydrogen) atoms. The lowest BCUT2D eigenvalue weighted by molar-refractivity contribution is -0.148. The topological polar surface area (TPSA) is 57.6 Å². The number of benzene rings is 1. The third-order valence-electron chi connectivity index (χ3n) is 4.05. The van der Waals surface area contributed by atoms with Gasteiger partial charge in [0, 0.05) is 19.5 Å². The molecule has 1 aliphatic heterocycles. The van der Waals surface area contributed by atoms with Crippen LogP contribution in [0.2, 0.25) is 0 Å². The maximum atomic E-state index is 12.8. The van der Waals surface area contributed by atoms with Crippen LogP contribution in [0.1, 0.15) is 25.3 Å². The summed E-state index contributed by atoms with van der Waals surface area (Å²) >= 11 is 0. The summed E-state index contributed by atoms with van der Waals surface area (Å²) in [6.45, 7) is 2.84. The Morgan fingerprint density at radius 1 is 1.36 bits per heavy atom. The average Bonchev–Trinajstić information content (AvgIpc) is 2.48. The highest BCUT2D eigenvalue weighted by atomic mass is 19.1. The second-order valence-electron chi connectivity index (χ2n) is 5.71. The normalized spacial score (nSPS) is 22.0. The Balaban J connectivity index is 1.85. The lowest BCUT2D eigenvalue weighted by Gasteiger charge is -2.34. The molecule has 2 atom stereocenters. The number of rotatable bonds is 4. The molecule has 1 aliphatic rings. The first-order valence-electron chi connectivity index (χ1n) is 7.40. The zero-order valence-electron chi connectivity index (χ0n) is 12.5. The first-order valence-corrected chi connectivity index (χ1v) is 7.40. The van der Waals surface area contributed by atoms with E-state index in [1.807, 2.05) is 6.92 Å². The van der Waals surface area contributed by atoms with Crippen molar-refractivity contribution in [3.63, 3.8) is 0 Å². The molecule has 1 amide bonds.